The molecule has 1 saturated heterocycles. The monoisotopic (exact) mass is 411 g/mol. The normalized spacial score (nSPS) is 16.0. The number of ether oxygens (including phenoxy) is 1. The standard InChI is InChI=1S/C19H37N7OS/c1-5-20-18(22-9-10-25-11-13-27-14-12-25)21-8-6-7-17-23-24-19(28-4)26(17)15-16(2)3/h16H,5-15H2,1-4H3,(H2,20,21,22). The van der Waals surface area contributed by atoms with Crippen molar-refractivity contribution in [3.8, 4) is 0 Å². The van der Waals surface area contributed by atoms with Crippen molar-refractivity contribution in [2.45, 2.75) is 45.3 Å². The molecule has 0 unspecified atom stereocenters. The molecule has 1 aromatic heterocycles. The van der Waals surface area contributed by atoms with Crippen molar-refractivity contribution < 1.29 is 4.74 Å². The molecule has 0 atom stereocenters. The van der Waals surface area contributed by atoms with Gasteiger partial charge in [-0.25, -0.2) is 0 Å². The van der Waals surface area contributed by atoms with Gasteiger partial charge in [-0.1, -0.05) is 25.6 Å². The third-order valence-corrected chi connectivity index (χ3v) is 5.19. The number of rotatable bonds is 11. The Morgan fingerprint density at radius 2 is 2.04 bits per heavy atom. The molecule has 0 bridgehead atoms. The van der Waals surface area contributed by atoms with Crippen LogP contribution in [0.3, 0.4) is 0 Å². The number of thioether (sulfide) groups is 1. The molecule has 0 saturated carbocycles. The van der Waals surface area contributed by atoms with Crippen LogP contribution in [-0.2, 0) is 17.7 Å². The minimum atomic E-state index is 0.578. The van der Waals surface area contributed by atoms with Crippen LogP contribution in [-0.4, -0.2) is 84.4 Å². The zero-order chi connectivity index (χ0) is 20.2. The summed E-state index contributed by atoms with van der Waals surface area (Å²) < 4.78 is 7.65. The summed E-state index contributed by atoms with van der Waals surface area (Å²) in [6.45, 7) is 14.8. The number of hydrogen-bond acceptors (Lipinski definition) is 6. The molecule has 2 N–H and O–H groups in total. The highest BCUT2D eigenvalue weighted by molar-refractivity contribution is 7.98. The number of nitrogens with zero attached hydrogens (tertiary/aromatic N) is 5. The van der Waals surface area contributed by atoms with Gasteiger partial charge in [-0.3, -0.25) is 9.89 Å². The summed E-state index contributed by atoms with van der Waals surface area (Å²) in [4.78, 5) is 7.14. The van der Waals surface area contributed by atoms with E-state index in [0.717, 1.165) is 88.8 Å². The first kappa shape index (κ1) is 23.0. The lowest BCUT2D eigenvalue weighted by atomic mass is 10.2. The van der Waals surface area contributed by atoms with E-state index in [1.807, 2.05) is 0 Å². The molecule has 1 aliphatic rings. The maximum Gasteiger partial charge on any atom is 0.191 e. The number of guanidine groups is 1. The predicted molar refractivity (Wildman–Crippen MR) is 116 cm³/mol. The van der Waals surface area contributed by atoms with E-state index in [0.29, 0.717) is 5.92 Å². The van der Waals surface area contributed by atoms with Gasteiger partial charge in [0.2, 0.25) is 0 Å². The molecule has 160 valence electrons. The van der Waals surface area contributed by atoms with Gasteiger partial charge >= 0.3 is 0 Å². The lowest BCUT2D eigenvalue weighted by molar-refractivity contribution is 0.0389. The lowest BCUT2D eigenvalue weighted by Crippen LogP contribution is -2.44. The average Bonchev–Trinajstić information content (AvgIpc) is 3.07. The molecular weight excluding hydrogens is 374 g/mol. The largest absolute Gasteiger partial charge is 0.379 e. The first-order chi connectivity index (χ1) is 13.6. The van der Waals surface area contributed by atoms with Gasteiger partial charge in [-0.2, -0.15) is 0 Å². The Kier molecular flexibility index (Phi) is 10.7. The van der Waals surface area contributed by atoms with Crippen LogP contribution in [0.2, 0.25) is 0 Å². The van der Waals surface area contributed by atoms with Crippen LogP contribution in [0, 0.1) is 5.92 Å². The molecule has 2 rings (SSSR count). The van der Waals surface area contributed by atoms with Gasteiger partial charge in [0.15, 0.2) is 11.1 Å². The third-order valence-electron chi connectivity index (χ3n) is 4.52. The number of hydrogen-bond donors (Lipinski definition) is 2. The number of aromatic nitrogens is 3. The molecule has 0 radical (unpaired) electrons. The van der Waals surface area contributed by atoms with E-state index in [2.05, 4.69) is 57.3 Å². The van der Waals surface area contributed by atoms with Gasteiger partial charge in [-0.15, -0.1) is 10.2 Å². The highest BCUT2D eigenvalue weighted by Gasteiger charge is 2.12. The highest BCUT2D eigenvalue weighted by Crippen LogP contribution is 2.16. The van der Waals surface area contributed by atoms with Gasteiger partial charge in [0.1, 0.15) is 5.82 Å². The Hall–Kier alpha value is -1.32. The van der Waals surface area contributed by atoms with Crippen LogP contribution >= 0.6 is 11.8 Å². The van der Waals surface area contributed by atoms with E-state index in [1.165, 1.54) is 0 Å². The highest BCUT2D eigenvalue weighted by atomic mass is 32.2. The second-order valence-electron chi connectivity index (χ2n) is 7.35. The van der Waals surface area contributed by atoms with E-state index in [4.69, 9.17) is 9.73 Å². The molecule has 0 aromatic carbocycles. The molecule has 1 fully saturated rings. The molecular formula is C19H37N7OS. The predicted octanol–water partition coefficient (Wildman–Crippen LogP) is 1.48. The van der Waals surface area contributed by atoms with E-state index in [9.17, 15) is 0 Å². The summed E-state index contributed by atoms with van der Waals surface area (Å²) in [5.74, 6) is 2.54. The molecule has 8 nitrogen and oxygen atoms in total. The van der Waals surface area contributed by atoms with Crippen molar-refractivity contribution in [3.05, 3.63) is 5.82 Å². The molecule has 1 aromatic rings. The van der Waals surface area contributed by atoms with Crippen molar-refractivity contribution in [2.75, 3.05) is 58.7 Å². The summed E-state index contributed by atoms with van der Waals surface area (Å²) in [6.07, 6.45) is 3.92. The van der Waals surface area contributed by atoms with E-state index < -0.39 is 0 Å². The van der Waals surface area contributed by atoms with Gasteiger partial charge in [0.25, 0.3) is 0 Å². The Labute approximate surface area is 173 Å². The summed E-state index contributed by atoms with van der Waals surface area (Å²) in [5.41, 5.74) is 0. The van der Waals surface area contributed by atoms with Crippen molar-refractivity contribution in [1.82, 2.24) is 30.3 Å². The maximum atomic E-state index is 5.39. The molecule has 28 heavy (non-hydrogen) atoms. The number of aliphatic imine (C=N–C) groups is 1. The Balaban J connectivity index is 1.77. The van der Waals surface area contributed by atoms with Crippen LogP contribution in [0.1, 0.15) is 33.0 Å². The van der Waals surface area contributed by atoms with Gasteiger partial charge in [0, 0.05) is 52.2 Å². The fourth-order valence-corrected chi connectivity index (χ4v) is 3.65. The van der Waals surface area contributed by atoms with Crippen LogP contribution in [0.4, 0.5) is 0 Å². The summed E-state index contributed by atoms with van der Waals surface area (Å²) in [7, 11) is 0. The van der Waals surface area contributed by atoms with Gasteiger partial charge < -0.3 is 19.9 Å². The van der Waals surface area contributed by atoms with Crippen molar-refractivity contribution in [2.24, 2.45) is 10.9 Å². The number of aryl methyl sites for hydroxylation is 1. The van der Waals surface area contributed by atoms with Gasteiger partial charge in [0.05, 0.1) is 13.2 Å². The molecule has 0 amide bonds. The van der Waals surface area contributed by atoms with Crippen LogP contribution in [0.25, 0.3) is 0 Å². The van der Waals surface area contributed by atoms with Crippen molar-refractivity contribution in [3.63, 3.8) is 0 Å². The number of nitrogens with one attached hydrogen (secondary N) is 2. The van der Waals surface area contributed by atoms with E-state index >= 15 is 0 Å². The first-order valence-electron chi connectivity index (χ1n) is 10.4. The Morgan fingerprint density at radius 3 is 2.71 bits per heavy atom. The second-order valence-corrected chi connectivity index (χ2v) is 8.13. The number of morpholine rings is 1. The van der Waals surface area contributed by atoms with Crippen molar-refractivity contribution in [1.29, 1.82) is 0 Å². The summed E-state index contributed by atoms with van der Waals surface area (Å²) >= 11 is 1.66. The van der Waals surface area contributed by atoms with Crippen LogP contribution in [0.5, 0.6) is 0 Å². The SMILES string of the molecule is CCNC(=NCCCc1nnc(SC)n1CC(C)C)NCCN1CCOCC1. The Bertz CT molecular complexity index is 585. The third kappa shape index (κ3) is 7.97. The molecule has 1 aliphatic heterocycles. The van der Waals surface area contributed by atoms with Crippen molar-refractivity contribution >= 4 is 17.7 Å². The average molecular weight is 412 g/mol. The first-order valence-corrected chi connectivity index (χ1v) is 11.6. The molecule has 0 aliphatic carbocycles. The molecule has 9 heteroatoms. The lowest BCUT2D eigenvalue weighted by Gasteiger charge is -2.26. The van der Waals surface area contributed by atoms with Gasteiger partial charge in [-0.05, 0) is 25.5 Å². The molecule has 0 spiro atoms. The fourth-order valence-electron chi connectivity index (χ4n) is 3.13. The van der Waals surface area contributed by atoms with Crippen LogP contribution in [0.15, 0.2) is 10.1 Å². The summed E-state index contributed by atoms with van der Waals surface area (Å²) in [6, 6.07) is 0. The zero-order valence-electron chi connectivity index (χ0n) is 17.9. The topological polar surface area (TPSA) is 79.6 Å². The summed E-state index contributed by atoms with van der Waals surface area (Å²) in [5, 5.41) is 16.5. The maximum absolute atomic E-state index is 5.39. The molecule has 2 heterocycles. The minimum absolute atomic E-state index is 0.578. The fraction of sp³-hybridized carbons (Fsp3) is 0.842. The second kappa shape index (κ2) is 13.0. The smallest absolute Gasteiger partial charge is 0.191 e. The minimum Gasteiger partial charge on any atom is -0.379 e. The van der Waals surface area contributed by atoms with Crippen LogP contribution < -0.4 is 10.6 Å². The quantitative estimate of drug-likeness (QED) is 0.247. The Morgan fingerprint density at radius 1 is 1.25 bits per heavy atom. The zero-order valence-corrected chi connectivity index (χ0v) is 18.7. The van der Waals surface area contributed by atoms with E-state index in [1.54, 1.807) is 11.8 Å². The van der Waals surface area contributed by atoms with E-state index in [-0.39, 0.29) is 0 Å².